The molecule has 0 amide bonds. The summed E-state index contributed by atoms with van der Waals surface area (Å²) in [7, 11) is 1.98. The van der Waals surface area contributed by atoms with Crippen LogP contribution in [-0.4, -0.2) is 17.8 Å². The standard InChI is InChI=1S/C15H14N.CH4.Y/c1-13-8-6-7-9-14(13)12-16(2)15-10-4-3-5-11-15;;/h3-10H,1-2H3;1H4;/q-1;;. The molecule has 0 heterocycles. The summed E-state index contributed by atoms with van der Waals surface area (Å²) in [5, 5.41) is 0. The average Bonchev–Trinajstić information content (AvgIpc) is 2.33. The van der Waals surface area contributed by atoms with Gasteiger partial charge in [0.15, 0.2) is 6.21 Å². The van der Waals surface area contributed by atoms with Crippen molar-refractivity contribution in [2.45, 2.75) is 14.4 Å². The molecule has 0 N–H and O–H groups in total. The molecular formula is C16H18NY-. The van der Waals surface area contributed by atoms with E-state index in [1.54, 1.807) is 0 Å². The monoisotopic (exact) mass is 313 g/mol. The van der Waals surface area contributed by atoms with Crippen LogP contribution in [0.1, 0.15) is 18.6 Å². The van der Waals surface area contributed by atoms with Gasteiger partial charge in [-0.25, -0.2) is 0 Å². The first kappa shape index (κ1) is 17.2. The molecule has 0 aliphatic carbocycles. The normalized spacial score (nSPS) is 10.2. The quantitative estimate of drug-likeness (QED) is 0.452. The smallest absolute Gasteiger partial charge is 0.151 e. The molecule has 91 valence electrons. The first-order valence-corrected chi connectivity index (χ1v) is 5.30. The summed E-state index contributed by atoms with van der Waals surface area (Å²) in [6, 6.07) is 19.3. The third-order valence-corrected chi connectivity index (χ3v) is 2.49. The molecule has 2 rings (SSSR count). The Hall–Kier alpha value is -0.786. The van der Waals surface area contributed by atoms with Gasteiger partial charge in [-0.3, -0.25) is 4.58 Å². The van der Waals surface area contributed by atoms with Crippen LogP contribution in [0.5, 0.6) is 0 Å². The summed E-state index contributed by atoms with van der Waals surface area (Å²) in [6.45, 7) is 2.09. The van der Waals surface area contributed by atoms with Gasteiger partial charge in [0.25, 0.3) is 0 Å². The van der Waals surface area contributed by atoms with E-state index in [-0.39, 0.29) is 40.1 Å². The Morgan fingerprint density at radius 1 is 1.06 bits per heavy atom. The fraction of sp³-hybridized carbons (Fsp3) is 0.188. The number of nitrogens with zero attached hydrogens (tertiary/aromatic N) is 1. The van der Waals surface area contributed by atoms with Crippen molar-refractivity contribution in [3.05, 3.63) is 65.7 Å². The van der Waals surface area contributed by atoms with Crippen molar-refractivity contribution in [2.24, 2.45) is 0 Å². The van der Waals surface area contributed by atoms with Crippen molar-refractivity contribution < 1.29 is 37.3 Å². The van der Waals surface area contributed by atoms with E-state index in [1.165, 1.54) is 5.56 Å². The predicted octanol–water partition coefficient (Wildman–Crippen LogP) is 3.70. The number of hydrogen-bond donors (Lipinski definition) is 0. The van der Waals surface area contributed by atoms with Crippen LogP contribution in [0.3, 0.4) is 0 Å². The minimum Gasteiger partial charge on any atom is -0.299 e. The molecule has 0 aromatic heterocycles. The number of para-hydroxylation sites is 1. The summed E-state index contributed by atoms with van der Waals surface area (Å²) >= 11 is 0. The summed E-state index contributed by atoms with van der Waals surface area (Å²) in [5.74, 6) is 0. The van der Waals surface area contributed by atoms with Crippen LogP contribution in [0.4, 0.5) is 5.69 Å². The minimum atomic E-state index is 0. The third kappa shape index (κ3) is 4.47. The van der Waals surface area contributed by atoms with E-state index >= 15 is 0 Å². The molecule has 1 radical (unpaired) electrons. The molecule has 0 saturated heterocycles. The van der Waals surface area contributed by atoms with Crippen LogP contribution in [0.25, 0.3) is 0 Å². The van der Waals surface area contributed by atoms with Gasteiger partial charge in [-0.05, 0) is 0 Å². The zero-order valence-corrected chi connectivity index (χ0v) is 13.0. The van der Waals surface area contributed by atoms with Gasteiger partial charge in [-0.2, -0.15) is 24.3 Å². The van der Waals surface area contributed by atoms with Crippen LogP contribution < -0.4 is 0 Å². The Bertz CT molecular complexity index is 504. The largest absolute Gasteiger partial charge is 0.299 e. The van der Waals surface area contributed by atoms with Crippen molar-refractivity contribution in [2.75, 3.05) is 7.05 Å². The first-order valence-electron chi connectivity index (χ1n) is 5.30. The second-order valence-corrected chi connectivity index (χ2v) is 3.73. The van der Waals surface area contributed by atoms with Crippen molar-refractivity contribution in [3.8, 4) is 0 Å². The zero-order valence-electron chi connectivity index (χ0n) is 10.1. The van der Waals surface area contributed by atoms with Gasteiger partial charge >= 0.3 is 0 Å². The van der Waals surface area contributed by atoms with Gasteiger partial charge in [0.1, 0.15) is 7.05 Å². The van der Waals surface area contributed by atoms with Crippen LogP contribution in [0.2, 0.25) is 0 Å². The molecule has 0 aliphatic heterocycles. The van der Waals surface area contributed by atoms with Gasteiger partial charge in [0.2, 0.25) is 0 Å². The molecule has 2 heteroatoms. The topological polar surface area (TPSA) is 3.01 Å². The Balaban J connectivity index is 0.00000144. The molecule has 0 aliphatic rings. The van der Waals surface area contributed by atoms with Crippen LogP contribution in [0.15, 0.2) is 48.5 Å². The Kier molecular flexibility index (Phi) is 7.98. The maximum Gasteiger partial charge on any atom is 0.151 e. The van der Waals surface area contributed by atoms with Gasteiger partial charge in [-0.1, -0.05) is 26.0 Å². The van der Waals surface area contributed by atoms with E-state index < -0.39 is 0 Å². The average molecular weight is 313 g/mol. The molecule has 0 bridgehead atoms. The van der Waals surface area contributed by atoms with Gasteiger partial charge < -0.3 is 0 Å². The van der Waals surface area contributed by atoms with Crippen molar-refractivity contribution in [3.63, 3.8) is 0 Å². The van der Waals surface area contributed by atoms with Crippen molar-refractivity contribution in [1.82, 2.24) is 0 Å². The minimum absolute atomic E-state index is 0. The fourth-order valence-corrected chi connectivity index (χ4v) is 1.53. The van der Waals surface area contributed by atoms with E-state index in [1.807, 2.05) is 48.0 Å². The van der Waals surface area contributed by atoms with Gasteiger partial charge in [0, 0.05) is 38.4 Å². The predicted molar refractivity (Wildman–Crippen MR) is 73.1 cm³/mol. The Morgan fingerprint density at radius 2 is 1.72 bits per heavy atom. The zero-order chi connectivity index (χ0) is 11.4. The van der Waals surface area contributed by atoms with Gasteiger partial charge in [-0.15, -0.1) is 29.8 Å². The molecule has 0 atom stereocenters. The molecule has 18 heavy (non-hydrogen) atoms. The van der Waals surface area contributed by atoms with E-state index in [0.717, 1.165) is 11.3 Å². The molecule has 2 aromatic rings. The molecule has 0 saturated carbocycles. The van der Waals surface area contributed by atoms with E-state index in [9.17, 15) is 0 Å². The summed E-state index contributed by atoms with van der Waals surface area (Å²) in [5.41, 5.74) is 3.36. The van der Waals surface area contributed by atoms with Crippen LogP contribution in [0, 0.1) is 13.0 Å². The molecule has 0 unspecified atom stereocenters. The van der Waals surface area contributed by atoms with Crippen LogP contribution in [-0.2, 0) is 32.7 Å². The molecule has 0 spiro atoms. The van der Waals surface area contributed by atoms with Crippen molar-refractivity contribution >= 4 is 11.9 Å². The number of aryl methyl sites for hydroxylation is 1. The Morgan fingerprint density at radius 3 is 2.33 bits per heavy atom. The number of hydrogen-bond acceptors (Lipinski definition) is 0. The molecule has 0 fully saturated rings. The van der Waals surface area contributed by atoms with E-state index in [4.69, 9.17) is 0 Å². The van der Waals surface area contributed by atoms with Crippen LogP contribution >= 0.6 is 0 Å². The maximum atomic E-state index is 3.33. The Labute approximate surface area is 135 Å². The number of benzene rings is 2. The second-order valence-electron chi connectivity index (χ2n) is 3.73. The number of rotatable bonds is 2. The fourth-order valence-electron chi connectivity index (χ4n) is 1.53. The molecule has 1 nitrogen and oxygen atoms in total. The summed E-state index contributed by atoms with van der Waals surface area (Å²) in [6.07, 6.45) is 3.33. The van der Waals surface area contributed by atoms with E-state index in [0.29, 0.717) is 0 Å². The van der Waals surface area contributed by atoms with E-state index in [2.05, 4.69) is 31.3 Å². The third-order valence-electron chi connectivity index (χ3n) is 2.49. The SMILES string of the molecule is C.Cc1ccccc1[C-]=[N+](C)c1[c-]cccc1.[Y]. The second kappa shape index (κ2) is 8.34. The molecule has 2 aromatic carbocycles. The van der Waals surface area contributed by atoms with Gasteiger partial charge in [0.05, 0.1) is 0 Å². The summed E-state index contributed by atoms with van der Waals surface area (Å²) < 4.78 is 1.96. The van der Waals surface area contributed by atoms with Crippen molar-refractivity contribution in [1.29, 1.82) is 0 Å². The first-order chi connectivity index (χ1) is 7.77. The molecular weight excluding hydrogens is 295 g/mol. The summed E-state index contributed by atoms with van der Waals surface area (Å²) in [4.78, 5) is 0. The maximum absolute atomic E-state index is 3.33.